The van der Waals surface area contributed by atoms with Gasteiger partial charge < -0.3 is 65.5 Å². The van der Waals surface area contributed by atoms with Crippen LogP contribution < -0.4 is 20.7 Å². The number of nitrogens with zero attached hydrogens (tertiary/aromatic N) is 15. The molecule has 15 atom stereocenters. The smallest absolute Gasteiger partial charge is 0.159 e. The number of para-hydroxylation sites is 2. The Labute approximate surface area is 503 Å². The van der Waals surface area contributed by atoms with Crippen LogP contribution in [0.2, 0.25) is 0 Å². The molecule has 6 saturated heterocycles. The third-order valence-corrected chi connectivity index (χ3v) is 18.8. The molecule has 7 aliphatic rings. The fourth-order valence-corrected chi connectivity index (χ4v) is 14.8. The standard InChI is InChI=1S/C18H22N8O3S.C18H23N5O4S.C18H29N5O3S/c1-2-19-18-20-14-16(28)15(27)13(29-17(14)30-18)9-25-7-10(21-23-25)8-26-12-6-4-3-5-11(12)22-24-26;1-2-19-18-20-14-16(25)15(24)13(27-17(14)28-18)9-23-8-11(21-22-23)10-26-12-6-4-3-5-7-12;1-2-19-18-20-14-16(25)15(24)13(26-17(14)27-18)10-23-9-12(21-22-23)8-11-6-4-3-5-7-11/h3-7,13-17,27-28H,2,8-9H2,1H3,(H,19,20);3-8,13-17,24-25H,2,9-10H2,1H3,(H,19,20);9,11,13-17,24-25H,2-8,10H2,1H3,(H,19,20)/t3*13-,14-,15-,16-,17-/m111/s1. The van der Waals surface area contributed by atoms with E-state index in [1.54, 1.807) is 31.1 Å². The van der Waals surface area contributed by atoms with E-state index >= 15 is 0 Å². The van der Waals surface area contributed by atoms with Crippen LogP contribution in [0.5, 0.6) is 5.75 Å². The van der Waals surface area contributed by atoms with Crippen molar-refractivity contribution in [3.63, 3.8) is 0 Å². The van der Waals surface area contributed by atoms with Gasteiger partial charge >= 0.3 is 0 Å². The molecule has 458 valence electrons. The fraction of sp³-hybridized carbons (Fsp3) is 0.611. The van der Waals surface area contributed by atoms with Gasteiger partial charge in [0.1, 0.15) is 101 Å². The topological polar surface area (TPSA) is 354 Å². The molecule has 31 heteroatoms. The molecule has 85 heavy (non-hydrogen) atoms. The van der Waals surface area contributed by atoms with Crippen molar-refractivity contribution in [2.45, 2.75) is 181 Å². The van der Waals surface area contributed by atoms with Gasteiger partial charge in [0.2, 0.25) is 0 Å². The zero-order valence-corrected chi connectivity index (χ0v) is 49.8. The van der Waals surface area contributed by atoms with Crippen LogP contribution in [0.3, 0.4) is 0 Å². The van der Waals surface area contributed by atoms with E-state index in [4.69, 9.17) is 18.9 Å². The van der Waals surface area contributed by atoms with Crippen LogP contribution in [0.25, 0.3) is 11.0 Å². The number of aliphatic hydroxyl groups is 6. The molecule has 28 nitrogen and oxygen atoms in total. The maximum atomic E-state index is 10.5. The van der Waals surface area contributed by atoms with Crippen LogP contribution in [0.15, 0.2) is 88.2 Å². The molecule has 9 N–H and O–H groups in total. The Morgan fingerprint density at radius 2 is 0.976 bits per heavy atom. The van der Waals surface area contributed by atoms with E-state index in [1.165, 1.54) is 67.4 Å². The highest BCUT2D eigenvalue weighted by molar-refractivity contribution is 8.15. The van der Waals surface area contributed by atoms with Gasteiger partial charge in [-0.3, -0.25) is 15.0 Å². The zero-order valence-electron chi connectivity index (χ0n) is 47.3. The first-order chi connectivity index (χ1) is 41.4. The summed E-state index contributed by atoms with van der Waals surface area (Å²) in [5.74, 6) is 1.47. The third kappa shape index (κ3) is 14.8. The number of aliphatic imine (C=N–C) groups is 3. The first kappa shape index (κ1) is 60.8. The average Bonchev–Trinajstić information content (AvgIpc) is 4.53. The summed E-state index contributed by atoms with van der Waals surface area (Å²) in [5.41, 5.74) is 3.24. The van der Waals surface area contributed by atoms with Crippen molar-refractivity contribution in [1.82, 2.24) is 75.9 Å². The van der Waals surface area contributed by atoms with E-state index in [2.05, 4.69) is 72.2 Å². The van der Waals surface area contributed by atoms with Crippen molar-refractivity contribution in [2.75, 3.05) is 19.6 Å². The Morgan fingerprint density at radius 3 is 1.48 bits per heavy atom. The lowest BCUT2D eigenvalue weighted by atomic mass is 9.86. The minimum atomic E-state index is -1.05. The molecule has 0 radical (unpaired) electrons. The maximum Gasteiger partial charge on any atom is 0.159 e. The van der Waals surface area contributed by atoms with Gasteiger partial charge in [0.15, 0.2) is 15.5 Å². The SMILES string of the molecule is CCN=C1N[C@@H]2[C@@H](O)[C@H](O)[C@@H](Cn3cc(CC4CCCCC4)nn3)O[C@@H]2S1.CCN=C1N[C@@H]2[C@@H](O)[C@H](O)[C@@H](Cn3cc(COc4ccccc4)nn3)O[C@@H]2S1.CCN=C1N[C@@H]2[C@@H](O)[C@H](O)[C@@H](Cn3cc(Cn4nnc5ccccc54)nn3)O[C@@H]2S1. The summed E-state index contributed by atoms with van der Waals surface area (Å²) in [6.45, 7) is 9.44. The Morgan fingerprint density at radius 1 is 0.529 bits per heavy atom. The molecule has 0 spiro atoms. The molecule has 1 aliphatic carbocycles. The quantitative estimate of drug-likeness (QED) is 0.0650. The number of hydrogen-bond acceptors (Lipinski definition) is 24. The van der Waals surface area contributed by atoms with Crippen LogP contribution in [-0.4, -0.2) is 215 Å². The Balaban J connectivity index is 0.000000133. The number of rotatable bonds is 16. The van der Waals surface area contributed by atoms with Gasteiger partial charge in [0, 0.05) is 25.8 Å². The molecule has 1 saturated carbocycles. The van der Waals surface area contributed by atoms with E-state index in [-0.39, 0.29) is 41.5 Å². The second-order valence-corrected chi connectivity index (χ2v) is 24.9. The fourth-order valence-electron chi connectivity index (χ4n) is 11.2. The van der Waals surface area contributed by atoms with Crippen LogP contribution in [0, 0.1) is 5.92 Å². The van der Waals surface area contributed by atoms with Crippen molar-refractivity contribution >= 4 is 61.8 Å². The Kier molecular flexibility index (Phi) is 20.3. The summed E-state index contributed by atoms with van der Waals surface area (Å²) < 4.78 is 30.5. The average molecular weight is 1230 g/mol. The molecule has 0 unspecified atom stereocenters. The molecule has 4 aromatic heterocycles. The highest BCUT2D eigenvalue weighted by atomic mass is 32.2. The minimum Gasteiger partial charge on any atom is -0.487 e. The van der Waals surface area contributed by atoms with Crippen LogP contribution in [-0.2, 0) is 53.4 Å². The minimum absolute atomic E-state index is 0.260. The van der Waals surface area contributed by atoms with Gasteiger partial charge in [0.05, 0.1) is 67.9 Å². The van der Waals surface area contributed by atoms with Crippen molar-refractivity contribution in [3.05, 3.63) is 90.3 Å². The van der Waals surface area contributed by atoms with Gasteiger partial charge in [-0.25, -0.2) is 18.7 Å². The predicted octanol–water partition coefficient (Wildman–Crippen LogP) is 0.912. The first-order valence-electron chi connectivity index (χ1n) is 29.0. The van der Waals surface area contributed by atoms with Crippen molar-refractivity contribution < 1.29 is 49.6 Å². The summed E-state index contributed by atoms with van der Waals surface area (Å²) in [4.78, 5) is 13.0. The van der Waals surface area contributed by atoms with Gasteiger partial charge in [0.25, 0.3) is 0 Å². The molecule has 7 fully saturated rings. The largest absolute Gasteiger partial charge is 0.487 e. The van der Waals surface area contributed by atoms with Crippen LogP contribution in [0.1, 0.15) is 70.0 Å². The second-order valence-electron chi connectivity index (χ2n) is 21.6. The van der Waals surface area contributed by atoms with Gasteiger partial charge in [-0.15, -0.1) is 20.4 Å². The van der Waals surface area contributed by atoms with Crippen molar-refractivity contribution in [1.29, 1.82) is 0 Å². The molecule has 6 aromatic rings. The molecule has 2 aromatic carbocycles. The summed E-state index contributed by atoms with van der Waals surface area (Å²) in [7, 11) is 0. The number of benzene rings is 2. The summed E-state index contributed by atoms with van der Waals surface area (Å²) in [6, 6.07) is 16.1. The lowest BCUT2D eigenvalue weighted by Crippen LogP contribution is -2.59. The number of thioether (sulfide) groups is 3. The van der Waals surface area contributed by atoms with E-state index in [0.29, 0.717) is 56.6 Å². The van der Waals surface area contributed by atoms with E-state index < -0.39 is 61.0 Å². The number of amidine groups is 3. The zero-order chi connectivity index (χ0) is 59.0. The highest BCUT2D eigenvalue weighted by Gasteiger charge is 2.51. The Bertz CT molecular complexity index is 3200. The molecular formula is C54H74N18O10S3. The number of fused-ring (bicyclic) bond motifs is 4. The first-order valence-corrected chi connectivity index (χ1v) is 31.6. The molecule has 0 bridgehead atoms. The summed E-state index contributed by atoms with van der Waals surface area (Å²) in [6.07, 6.45) is 5.36. The molecule has 0 amide bonds. The highest BCUT2D eigenvalue weighted by Crippen LogP contribution is 2.37. The second kappa shape index (κ2) is 28.3. The number of ether oxygens (including phenoxy) is 4. The van der Waals surface area contributed by atoms with Gasteiger partial charge in [-0.2, -0.15) is 0 Å². The monoisotopic (exact) mass is 1230 g/mol. The van der Waals surface area contributed by atoms with Crippen molar-refractivity contribution in [2.24, 2.45) is 20.9 Å². The molecular weight excluding hydrogens is 1160 g/mol. The normalized spacial score (nSPS) is 32.2. The molecule has 13 rings (SSSR count). The lowest BCUT2D eigenvalue weighted by molar-refractivity contribution is -0.160. The summed E-state index contributed by atoms with van der Waals surface area (Å²) in [5, 5.41) is 108. The number of hydrogen-bond donors (Lipinski definition) is 9. The van der Waals surface area contributed by atoms with E-state index in [1.807, 2.05) is 81.6 Å². The van der Waals surface area contributed by atoms with E-state index in [9.17, 15) is 30.6 Å². The van der Waals surface area contributed by atoms with E-state index in [0.717, 1.165) is 44.4 Å². The Hall–Kier alpha value is -5.84. The van der Waals surface area contributed by atoms with Crippen LogP contribution in [0.4, 0.5) is 0 Å². The molecule has 10 heterocycles. The van der Waals surface area contributed by atoms with Gasteiger partial charge in [-0.05, 0) is 57.4 Å². The summed E-state index contributed by atoms with van der Waals surface area (Å²) >= 11 is 4.33. The van der Waals surface area contributed by atoms with Crippen molar-refractivity contribution in [3.8, 4) is 5.75 Å². The molecule has 6 aliphatic heterocycles. The number of aliphatic hydroxyl groups excluding tert-OH is 6. The lowest BCUT2D eigenvalue weighted by Gasteiger charge is -2.38. The number of aromatic nitrogens is 12. The number of nitrogens with one attached hydrogen (secondary N) is 3. The maximum absolute atomic E-state index is 10.5. The predicted molar refractivity (Wildman–Crippen MR) is 317 cm³/mol. The van der Waals surface area contributed by atoms with Crippen LogP contribution >= 0.6 is 35.3 Å². The third-order valence-electron chi connectivity index (χ3n) is 15.5. The van der Waals surface area contributed by atoms with Gasteiger partial charge in [-0.1, -0.05) is 119 Å².